The quantitative estimate of drug-likeness (QED) is 0.872. The van der Waals surface area contributed by atoms with Gasteiger partial charge >= 0.3 is 0 Å². The number of hydrogen-bond donors (Lipinski definition) is 1. The Labute approximate surface area is 114 Å². The van der Waals surface area contributed by atoms with Gasteiger partial charge in [-0.25, -0.2) is 0 Å². The summed E-state index contributed by atoms with van der Waals surface area (Å²) in [6, 6.07) is 9.98. The van der Waals surface area contributed by atoms with Gasteiger partial charge in [0.15, 0.2) is 0 Å². The fourth-order valence-electron chi connectivity index (χ4n) is 2.34. The maximum absolute atomic E-state index is 11.5. The third-order valence-corrected chi connectivity index (χ3v) is 3.38. The first-order valence-electron chi connectivity index (χ1n) is 6.69. The topological polar surface area (TPSA) is 56.1 Å². The van der Waals surface area contributed by atoms with Gasteiger partial charge in [-0.3, -0.25) is 4.79 Å². The van der Waals surface area contributed by atoms with Gasteiger partial charge in [0.25, 0.3) is 0 Å². The van der Waals surface area contributed by atoms with E-state index in [0.29, 0.717) is 12.0 Å². The minimum absolute atomic E-state index is 0.257. The molecule has 1 N–H and O–H groups in total. The molecule has 19 heavy (non-hydrogen) atoms. The molecule has 1 aromatic rings. The molecule has 1 aliphatic heterocycles. The zero-order valence-corrected chi connectivity index (χ0v) is 11.2. The van der Waals surface area contributed by atoms with Crippen LogP contribution in [0, 0.1) is 11.3 Å². The fraction of sp³-hybridized carbons (Fsp3) is 0.467. The lowest BCUT2D eigenvalue weighted by Gasteiger charge is -2.21. The minimum Gasteiger partial charge on any atom is -0.341 e. The molecule has 4 heteroatoms. The van der Waals surface area contributed by atoms with Crippen LogP contribution in [0.15, 0.2) is 24.3 Å². The van der Waals surface area contributed by atoms with Gasteiger partial charge in [-0.05, 0) is 31.0 Å². The number of likely N-dealkylation sites (tertiary alicyclic amines) is 1. The normalized spacial score (nSPS) is 16.4. The Morgan fingerprint density at radius 2 is 2.37 bits per heavy atom. The molecule has 1 saturated heterocycles. The van der Waals surface area contributed by atoms with Crippen molar-refractivity contribution in [3.8, 4) is 6.07 Å². The number of nitriles is 1. The first-order valence-corrected chi connectivity index (χ1v) is 6.69. The lowest BCUT2D eigenvalue weighted by atomic mass is 10.1. The number of carbonyl (C=O) groups is 1. The van der Waals surface area contributed by atoms with E-state index in [4.69, 9.17) is 5.26 Å². The molecule has 1 atom stereocenters. The van der Waals surface area contributed by atoms with Crippen molar-refractivity contribution < 1.29 is 4.79 Å². The highest BCUT2D eigenvalue weighted by molar-refractivity contribution is 5.78. The van der Waals surface area contributed by atoms with Crippen LogP contribution in [0.5, 0.6) is 0 Å². The molecule has 1 aliphatic rings. The van der Waals surface area contributed by atoms with Gasteiger partial charge in [0, 0.05) is 32.1 Å². The van der Waals surface area contributed by atoms with Crippen LogP contribution in [0.3, 0.4) is 0 Å². The Morgan fingerprint density at radius 3 is 3.05 bits per heavy atom. The molecular weight excluding hydrogens is 238 g/mol. The van der Waals surface area contributed by atoms with E-state index < -0.39 is 0 Å². The van der Waals surface area contributed by atoms with E-state index in [9.17, 15) is 4.79 Å². The summed E-state index contributed by atoms with van der Waals surface area (Å²) in [4.78, 5) is 13.4. The summed E-state index contributed by atoms with van der Waals surface area (Å²) in [7, 11) is 0. The number of benzene rings is 1. The molecule has 0 aromatic heterocycles. The van der Waals surface area contributed by atoms with Crippen molar-refractivity contribution in [3.05, 3.63) is 35.4 Å². The Bertz CT molecular complexity index is 492. The van der Waals surface area contributed by atoms with E-state index in [1.54, 1.807) is 6.07 Å². The van der Waals surface area contributed by atoms with Gasteiger partial charge in [-0.15, -0.1) is 0 Å². The smallest absolute Gasteiger partial charge is 0.222 e. The summed E-state index contributed by atoms with van der Waals surface area (Å²) in [5.41, 5.74) is 1.78. The van der Waals surface area contributed by atoms with E-state index in [0.717, 1.165) is 31.6 Å². The average Bonchev–Trinajstić information content (AvgIpc) is 2.82. The van der Waals surface area contributed by atoms with Crippen molar-refractivity contribution in [3.63, 3.8) is 0 Å². The van der Waals surface area contributed by atoms with Crippen molar-refractivity contribution >= 4 is 5.91 Å². The third-order valence-electron chi connectivity index (χ3n) is 3.38. The van der Waals surface area contributed by atoms with Crippen molar-refractivity contribution in [1.29, 1.82) is 5.26 Å². The van der Waals surface area contributed by atoms with Crippen LogP contribution in [0.25, 0.3) is 0 Å². The molecule has 4 nitrogen and oxygen atoms in total. The fourth-order valence-corrected chi connectivity index (χ4v) is 2.34. The van der Waals surface area contributed by atoms with Crippen molar-refractivity contribution in [2.24, 2.45) is 0 Å². The molecule has 0 spiro atoms. The van der Waals surface area contributed by atoms with Gasteiger partial charge in [0.2, 0.25) is 5.91 Å². The number of hydrogen-bond acceptors (Lipinski definition) is 3. The maximum atomic E-state index is 11.5. The van der Waals surface area contributed by atoms with E-state index in [-0.39, 0.29) is 11.9 Å². The number of rotatable bonds is 5. The summed E-state index contributed by atoms with van der Waals surface area (Å²) in [6.45, 7) is 4.45. The zero-order valence-electron chi connectivity index (χ0n) is 11.2. The van der Waals surface area contributed by atoms with Crippen LogP contribution in [0.4, 0.5) is 0 Å². The van der Waals surface area contributed by atoms with Crippen LogP contribution in [0.1, 0.15) is 30.9 Å². The molecule has 100 valence electrons. The van der Waals surface area contributed by atoms with Crippen molar-refractivity contribution in [2.45, 2.75) is 32.4 Å². The van der Waals surface area contributed by atoms with E-state index in [1.807, 2.05) is 23.1 Å². The second-order valence-electron chi connectivity index (χ2n) is 5.04. The molecule has 0 bridgehead atoms. The summed E-state index contributed by atoms with van der Waals surface area (Å²) in [5, 5.41) is 12.2. The summed E-state index contributed by atoms with van der Waals surface area (Å²) < 4.78 is 0. The van der Waals surface area contributed by atoms with Crippen LogP contribution < -0.4 is 5.32 Å². The summed E-state index contributed by atoms with van der Waals surface area (Å²) in [6.07, 6.45) is 1.67. The second-order valence-corrected chi connectivity index (χ2v) is 5.04. The molecule has 2 rings (SSSR count). The molecule has 1 heterocycles. The number of carbonyl (C=O) groups excluding carboxylic acids is 1. The van der Waals surface area contributed by atoms with Gasteiger partial charge in [-0.1, -0.05) is 12.1 Å². The Hall–Kier alpha value is -1.86. The Balaban J connectivity index is 1.81. The first-order chi connectivity index (χ1) is 9.19. The van der Waals surface area contributed by atoms with E-state index >= 15 is 0 Å². The van der Waals surface area contributed by atoms with Crippen LogP contribution in [-0.2, 0) is 11.3 Å². The van der Waals surface area contributed by atoms with Gasteiger partial charge in [-0.2, -0.15) is 5.26 Å². The summed E-state index contributed by atoms with van der Waals surface area (Å²) in [5.74, 6) is 0.264. The molecule has 0 unspecified atom stereocenters. The molecule has 0 radical (unpaired) electrons. The van der Waals surface area contributed by atoms with E-state index in [1.165, 1.54) is 0 Å². The van der Waals surface area contributed by atoms with Crippen LogP contribution >= 0.6 is 0 Å². The third kappa shape index (κ3) is 3.80. The Morgan fingerprint density at radius 1 is 1.53 bits per heavy atom. The number of nitrogens with one attached hydrogen (secondary N) is 1. The van der Waals surface area contributed by atoms with Gasteiger partial charge < -0.3 is 10.2 Å². The highest BCUT2D eigenvalue weighted by Crippen LogP contribution is 2.10. The largest absolute Gasteiger partial charge is 0.341 e. The summed E-state index contributed by atoms with van der Waals surface area (Å²) >= 11 is 0. The molecule has 0 aliphatic carbocycles. The molecule has 1 amide bonds. The van der Waals surface area contributed by atoms with E-state index in [2.05, 4.69) is 18.3 Å². The van der Waals surface area contributed by atoms with Crippen LogP contribution in [0.2, 0.25) is 0 Å². The molecular formula is C15H19N3O. The second kappa shape index (κ2) is 6.35. The molecule has 0 saturated carbocycles. The minimum atomic E-state index is 0.257. The molecule has 1 aromatic carbocycles. The van der Waals surface area contributed by atoms with Crippen molar-refractivity contribution in [1.82, 2.24) is 10.2 Å². The van der Waals surface area contributed by atoms with Crippen LogP contribution in [-0.4, -0.2) is 29.9 Å². The highest BCUT2D eigenvalue weighted by Gasteiger charge is 2.21. The predicted molar refractivity (Wildman–Crippen MR) is 73.3 cm³/mol. The number of amides is 1. The maximum Gasteiger partial charge on any atom is 0.222 e. The Kier molecular flexibility index (Phi) is 4.53. The number of nitrogens with zero attached hydrogens (tertiary/aromatic N) is 2. The lowest BCUT2D eigenvalue weighted by Crippen LogP contribution is -2.39. The lowest BCUT2D eigenvalue weighted by molar-refractivity contribution is -0.127. The van der Waals surface area contributed by atoms with Crippen molar-refractivity contribution in [2.75, 3.05) is 13.1 Å². The highest BCUT2D eigenvalue weighted by atomic mass is 16.2. The first kappa shape index (κ1) is 13.6. The predicted octanol–water partition coefficient (Wildman–Crippen LogP) is 1.66. The standard InChI is InChI=1S/C15H19N3O/c1-12(11-18-7-3-6-15(18)19)17-10-14-5-2-4-13(8-14)9-16/h2,4-5,8,12,17H,3,6-7,10-11H2,1H3/t12-/m1/s1. The molecule has 1 fully saturated rings. The monoisotopic (exact) mass is 257 g/mol. The van der Waals surface area contributed by atoms with Gasteiger partial charge in [0.1, 0.15) is 0 Å². The average molecular weight is 257 g/mol. The van der Waals surface area contributed by atoms with Gasteiger partial charge in [0.05, 0.1) is 11.6 Å². The zero-order chi connectivity index (χ0) is 13.7. The SMILES string of the molecule is C[C@H](CN1CCCC1=O)NCc1cccc(C#N)c1.